The number of nitrogens with one attached hydrogen (secondary N) is 1. The Labute approximate surface area is 131 Å². The molecule has 3 amide bonds. The van der Waals surface area contributed by atoms with Gasteiger partial charge in [0.1, 0.15) is 0 Å². The van der Waals surface area contributed by atoms with E-state index in [-0.39, 0.29) is 24.2 Å². The Morgan fingerprint density at radius 3 is 2.09 bits per heavy atom. The summed E-state index contributed by atoms with van der Waals surface area (Å²) in [5, 5.41) is 2.62. The summed E-state index contributed by atoms with van der Waals surface area (Å²) >= 11 is 0. The number of likely N-dealkylation sites (tertiary alicyclic amines) is 1. The van der Waals surface area contributed by atoms with Crippen molar-refractivity contribution in [3.05, 3.63) is 0 Å². The van der Waals surface area contributed by atoms with Gasteiger partial charge >= 0.3 is 6.03 Å². The Morgan fingerprint density at radius 2 is 1.55 bits per heavy atom. The van der Waals surface area contributed by atoms with Gasteiger partial charge in [0.15, 0.2) is 0 Å². The molecule has 0 unspecified atom stereocenters. The van der Waals surface area contributed by atoms with E-state index in [0.29, 0.717) is 26.2 Å². The minimum Gasteiger partial charge on any atom is -0.341 e. The van der Waals surface area contributed by atoms with Crippen LogP contribution in [0.3, 0.4) is 0 Å². The molecular weight excluding hydrogens is 308 g/mol. The lowest BCUT2D eigenvalue weighted by atomic mass is 10.4. The first-order valence-corrected chi connectivity index (χ1v) is 9.33. The predicted molar refractivity (Wildman–Crippen MR) is 81.8 cm³/mol. The number of carbonyl (C=O) groups is 2. The number of rotatable bonds is 4. The minimum atomic E-state index is -3.19. The van der Waals surface area contributed by atoms with Crippen LogP contribution in [-0.4, -0.2) is 86.0 Å². The van der Waals surface area contributed by atoms with Gasteiger partial charge in [0, 0.05) is 39.3 Å². The van der Waals surface area contributed by atoms with Crippen LogP contribution < -0.4 is 5.32 Å². The van der Waals surface area contributed by atoms with E-state index in [9.17, 15) is 18.0 Å². The molecule has 2 fully saturated rings. The summed E-state index contributed by atoms with van der Waals surface area (Å²) in [6.45, 7) is 4.47. The number of piperazine rings is 1. The van der Waals surface area contributed by atoms with Crippen LogP contribution in [-0.2, 0) is 14.8 Å². The highest BCUT2D eigenvalue weighted by molar-refractivity contribution is 7.89. The summed E-state index contributed by atoms with van der Waals surface area (Å²) in [5.74, 6) is 0.0156. The second kappa shape index (κ2) is 7.28. The molecular formula is C13H24N4O4S. The van der Waals surface area contributed by atoms with Crippen LogP contribution >= 0.6 is 0 Å². The van der Waals surface area contributed by atoms with Crippen molar-refractivity contribution in [2.75, 3.05) is 51.6 Å². The van der Waals surface area contributed by atoms with Crippen LogP contribution in [0.15, 0.2) is 0 Å². The van der Waals surface area contributed by atoms with Gasteiger partial charge in [0.05, 0.1) is 12.3 Å². The Balaban J connectivity index is 1.74. The summed E-state index contributed by atoms with van der Waals surface area (Å²) < 4.78 is 24.9. The molecule has 9 heteroatoms. The van der Waals surface area contributed by atoms with Gasteiger partial charge in [-0.15, -0.1) is 0 Å². The smallest absolute Gasteiger partial charge is 0.317 e. The first-order valence-electron chi connectivity index (χ1n) is 7.72. The molecule has 0 aromatic carbocycles. The molecule has 8 nitrogen and oxygen atoms in total. The zero-order valence-electron chi connectivity index (χ0n) is 13.0. The summed E-state index contributed by atoms with van der Waals surface area (Å²) in [4.78, 5) is 27.2. The van der Waals surface area contributed by atoms with Gasteiger partial charge in [-0.2, -0.15) is 4.31 Å². The molecule has 0 aliphatic carbocycles. The van der Waals surface area contributed by atoms with E-state index < -0.39 is 10.0 Å². The van der Waals surface area contributed by atoms with Gasteiger partial charge < -0.3 is 15.1 Å². The highest BCUT2D eigenvalue weighted by atomic mass is 32.2. The fourth-order valence-electron chi connectivity index (χ4n) is 2.69. The lowest BCUT2D eigenvalue weighted by Gasteiger charge is -2.33. The third-order valence-electron chi connectivity index (χ3n) is 4.13. The van der Waals surface area contributed by atoms with E-state index in [0.717, 1.165) is 25.9 Å². The van der Waals surface area contributed by atoms with Crippen LogP contribution in [0, 0.1) is 0 Å². The third kappa shape index (κ3) is 4.10. The molecule has 0 aromatic heterocycles. The van der Waals surface area contributed by atoms with Crippen molar-refractivity contribution in [3.63, 3.8) is 0 Å². The van der Waals surface area contributed by atoms with Gasteiger partial charge in [-0.25, -0.2) is 13.2 Å². The van der Waals surface area contributed by atoms with Crippen molar-refractivity contribution in [2.24, 2.45) is 0 Å². The first-order chi connectivity index (χ1) is 10.4. The van der Waals surface area contributed by atoms with Crippen molar-refractivity contribution in [3.8, 4) is 0 Å². The number of nitrogens with zero attached hydrogens (tertiary/aromatic N) is 3. The van der Waals surface area contributed by atoms with Gasteiger partial charge in [-0.05, 0) is 19.8 Å². The lowest BCUT2D eigenvalue weighted by molar-refractivity contribution is -0.129. The fraction of sp³-hybridized carbons (Fsp3) is 0.846. The molecule has 2 aliphatic heterocycles. The standard InChI is InChI=1S/C13H24N4O4S/c1-2-22(20,21)17-9-7-16(8-10-17)13(19)14-11-12(18)15-5-3-4-6-15/h2-11H2,1H3,(H,14,19). The lowest BCUT2D eigenvalue weighted by Crippen LogP contribution is -2.54. The molecule has 2 aliphatic rings. The highest BCUT2D eigenvalue weighted by Crippen LogP contribution is 2.09. The van der Waals surface area contributed by atoms with E-state index in [1.54, 1.807) is 16.7 Å². The van der Waals surface area contributed by atoms with Crippen LogP contribution in [0.1, 0.15) is 19.8 Å². The van der Waals surface area contributed by atoms with E-state index in [1.165, 1.54) is 4.31 Å². The number of carbonyl (C=O) groups excluding carboxylic acids is 2. The number of amides is 3. The SMILES string of the molecule is CCS(=O)(=O)N1CCN(C(=O)NCC(=O)N2CCCC2)CC1. The first kappa shape index (κ1) is 17.0. The van der Waals surface area contributed by atoms with Crippen molar-refractivity contribution in [2.45, 2.75) is 19.8 Å². The quantitative estimate of drug-likeness (QED) is 0.736. The molecule has 0 bridgehead atoms. The number of hydrogen-bond donors (Lipinski definition) is 1. The topological polar surface area (TPSA) is 90.0 Å². The molecule has 0 saturated carbocycles. The Morgan fingerprint density at radius 1 is 0.955 bits per heavy atom. The van der Waals surface area contributed by atoms with Crippen LogP contribution in [0.2, 0.25) is 0 Å². The molecule has 1 N–H and O–H groups in total. The zero-order valence-corrected chi connectivity index (χ0v) is 13.8. The Bertz CT molecular complexity index is 508. The van der Waals surface area contributed by atoms with E-state index >= 15 is 0 Å². The number of sulfonamides is 1. The zero-order chi connectivity index (χ0) is 16.2. The molecule has 0 spiro atoms. The van der Waals surface area contributed by atoms with Crippen LogP contribution in [0.5, 0.6) is 0 Å². The summed E-state index contributed by atoms with van der Waals surface area (Å²) in [7, 11) is -3.19. The molecule has 126 valence electrons. The van der Waals surface area contributed by atoms with Gasteiger partial charge in [0.25, 0.3) is 0 Å². The summed E-state index contributed by atoms with van der Waals surface area (Å²) in [6, 6.07) is -0.305. The normalized spacial score (nSPS) is 20.2. The second-order valence-electron chi connectivity index (χ2n) is 5.53. The van der Waals surface area contributed by atoms with Gasteiger partial charge in [-0.3, -0.25) is 4.79 Å². The van der Waals surface area contributed by atoms with Gasteiger partial charge in [0.2, 0.25) is 15.9 Å². The van der Waals surface area contributed by atoms with Crippen molar-refractivity contribution >= 4 is 22.0 Å². The summed E-state index contributed by atoms with van der Waals surface area (Å²) in [5.41, 5.74) is 0. The third-order valence-corrected chi connectivity index (χ3v) is 6.02. The number of urea groups is 1. The van der Waals surface area contributed by atoms with E-state index in [2.05, 4.69) is 5.32 Å². The Hall–Kier alpha value is -1.35. The van der Waals surface area contributed by atoms with E-state index in [1.807, 2.05) is 0 Å². The molecule has 2 saturated heterocycles. The van der Waals surface area contributed by atoms with Crippen molar-refractivity contribution in [1.29, 1.82) is 0 Å². The maximum atomic E-state index is 12.0. The molecule has 0 radical (unpaired) electrons. The molecule has 0 atom stereocenters. The van der Waals surface area contributed by atoms with Crippen LogP contribution in [0.25, 0.3) is 0 Å². The highest BCUT2D eigenvalue weighted by Gasteiger charge is 2.28. The second-order valence-corrected chi connectivity index (χ2v) is 7.79. The number of hydrogen-bond acceptors (Lipinski definition) is 4. The maximum absolute atomic E-state index is 12.0. The van der Waals surface area contributed by atoms with Crippen molar-refractivity contribution < 1.29 is 18.0 Å². The minimum absolute atomic E-state index is 0.00626. The molecule has 2 rings (SSSR count). The fourth-order valence-corrected chi connectivity index (χ4v) is 3.78. The molecule has 2 heterocycles. The van der Waals surface area contributed by atoms with Crippen LogP contribution in [0.4, 0.5) is 4.79 Å². The summed E-state index contributed by atoms with van der Waals surface area (Å²) in [6.07, 6.45) is 2.04. The largest absolute Gasteiger partial charge is 0.341 e. The van der Waals surface area contributed by atoms with Gasteiger partial charge in [-0.1, -0.05) is 0 Å². The monoisotopic (exact) mass is 332 g/mol. The molecule has 22 heavy (non-hydrogen) atoms. The maximum Gasteiger partial charge on any atom is 0.317 e. The predicted octanol–water partition coefficient (Wildman–Crippen LogP) is -0.714. The average molecular weight is 332 g/mol. The Kier molecular flexibility index (Phi) is 5.63. The van der Waals surface area contributed by atoms with Crippen molar-refractivity contribution in [1.82, 2.24) is 19.4 Å². The molecule has 0 aromatic rings. The van der Waals surface area contributed by atoms with E-state index in [4.69, 9.17) is 0 Å². The average Bonchev–Trinajstić information content (AvgIpc) is 3.07.